The zero-order chi connectivity index (χ0) is 27.1. The standard InChI is InChI=1S/C24H27ClN6O4S2/c1-7-30-23(35-37(33,34)17-10-8-14(2)9-11-17)18(12-26-30)21(32)20-15(3)16(4)27-31(20)13-19-22(25)28-29(5)24(19)36-6/h8-12H,7,13H2,1-6H3. The van der Waals surface area contributed by atoms with Crippen LogP contribution in [0.5, 0.6) is 5.88 Å². The van der Waals surface area contributed by atoms with Crippen LogP contribution in [0.4, 0.5) is 0 Å². The minimum absolute atomic E-state index is 0.0177. The van der Waals surface area contributed by atoms with Gasteiger partial charge in [0.2, 0.25) is 11.7 Å². The molecule has 3 aromatic heterocycles. The molecule has 0 atom stereocenters. The summed E-state index contributed by atoms with van der Waals surface area (Å²) in [7, 11) is -2.42. The molecule has 0 bridgehead atoms. The Balaban J connectivity index is 1.77. The van der Waals surface area contributed by atoms with E-state index in [1.165, 1.54) is 34.8 Å². The first-order valence-corrected chi connectivity index (χ1v) is 14.4. The molecule has 0 unspecified atom stereocenters. The van der Waals surface area contributed by atoms with Crippen molar-refractivity contribution in [1.82, 2.24) is 29.3 Å². The summed E-state index contributed by atoms with van der Waals surface area (Å²) in [6.45, 7) is 7.73. The molecule has 37 heavy (non-hydrogen) atoms. The molecule has 0 saturated carbocycles. The van der Waals surface area contributed by atoms with Crippen molar-refractivity contribution < 1.29 is 17.4 Å². The van der Waals surface area contributed by atoms with Crippen molar-refractivity contribution in [3.05, 3.63) is 69.3 Å². The van der Waals surface area contributed by atoms with Crippen molar-refractivity contribution in [2.75, 3.05) is 6.26 Å². The largest absolute Gasteiger partial charge is 0.358 e. The van der Waals surface area contributed by atoms with Crippen LogP contribution < -0.4 is 4.18 Å². The Bertz CT molecular complexity index is 1590. The zero-order valence-electron chi connectivity index (χ0n) is 21.3. The number of rotatable bonds is 9. The van der Waals surface area contributed by atoms with Crippen molar-refractivity contribution in [2.24, 2.45) is 7.05 Å². The van der Waals surface area contributed by atoms with E-state index in [1.54, 1.807) is 49.3 Å². The Morgan fingerprint density at radius 3 is 2.41 bits per heavy atom. The van der Waals surface area contributed by atoms with E-state index in [9.17, 15) is 13.2 Å². The lowest BCUT2D eigenvalue weighted by Gasteiger charge is -2.12. The lowest BCUT2D eigenvalue weighted by molar-refractivity contribution is 0.102. The van der Waals surface area contributed by atoms with Gasteiger partial charge in [0.25, 0.3) is 0 Å². The van der Waals surface area contributed by atoms with Crippen LogP contribution in [0.3, 0.4) is 0 Å². The van der Waals surface area contributed by atoms with Crippen LogP contribution >= 0.6 is 23.4 Å². The summed E-state index contributed by atoms with van der Waals surface area (Å²) in [6, 6.07) is 6.28. The third kappa shape index (κ3) is 5.05. The number of thioether (sulfide) groups is 1. The molecular formula is C24H27ClN6O4S2. The van der Waals surface area contributed by atoms with Crippen LogP contribution in [0.25, 0.3) is 0 Å². The maximum atomic E-state index is 13.9. The van der Waals surface area contributed by atoms with Crippen LogP contribution in [0.15, 0.2) is 40.4 Å². The van der Waals surface area contributed by atoms with Crippen LogP contribution in [-0.2, 0) is 30.3 Å². The van der Waals surface area contributed by atoms with Crippen molar-refractivity contribution >= 4 is 39.3 Å². The van der Waals surface area contributed by atoms with E-state index in [4.69, 9.17) is 15.8 Å². The predicted octanol–water partition coefficient (Wildman–Crippen LogP) is 4.18. The first kappa shape index (κ1) is 27.0. The summed E-state index contributed by atoms with van der Waals surface area (Å²) in [4.78, 5) is 13.9. The molecule has 10 nitrogen and oxygen atoms in total. The van der Waals surface area contributed by atoms with Crippen molar-refractivity contribution in [3.63, 3.8) is 0 Å². The van der Waals surface area contributed by atoms with Gasteiger partial charge >= 0.3 is 10.1 Å². The van der Waals surface area contributed by atoms with Gasteiger partial charge in [0.1, 0.15) is 21.2 Å². The highest BCUT2D eigenvalue weighted by Crippen LogP contribution is 2.30. The van der Waals surface area contributed by atoms with Gasteiger partial charge in [-0.3, -0.25) is 14.2 Å². The molecular weight excluding hydrogens is 536 g/mol. The Kier molecular flexibility index (Phi) is 7.54. The summed E-state index contributed by atoms with van der Waals surface area (Å²) < 4.78 is 36.2. The van der Waals surface area contributed by atoms with Crippen LogP contribution in [-0.4, -0.2) is 49.8 Å². The molecule has 0 aliphatic carbocycles. The molecule has 0 radical (unpaired) electrons. The molecule has 13 heteroatoms. The molecule has 0 saturated heterocycles. The number of aromatic nitrogens is 6. The topological polar surface area (TPSA) is 114 Å². The van der Waals surface area contributed by atoms with Gasteiger partial charge in [-0.25, -0.2) is 4.68 Å². The number of aryl methyl sites for hydroxylation is 4. The second kappa shape index (κ2) is 10.3. The summed E-state index contributed by atoms with van der Waals surface area (Å²) in [5.74, 6) is -0.611. The maximum Gasteiger partial charge on any atom is 0.340 e. The quantitative estimate of drug-likeness (QED) is 0.169. The summed E-state index contributed by atoms with van der Waals surface area (Å²) >= 11 is 7.88. The fourth-order valence-electron chi connectivity index (χ4n) is 3.96. The number of carbonyl (C=O) groups excluding carboxylic acids is 1. The summed E-state index contributed by atoms with van der Waals surface area (Å²) in [6.07, 6.45) is 3.24. The first-order chi connectivity index (χ1) is 17.5. The van der Waals surface area contributed by atoms with E-state index in [2.05, 4.69) is 15.3 Å². The predicted molar refractivity (Wildman–Crippen MR) is 141 cm³/mol. The SMILES string of the molecule is CCn1ncc(C(=O)c2c(C)c(C)nn2Cc2c(Cl)nn(C)c2SC)c1OS(=O)(=O)c1ccc(C)cc1. The molecule has 4 rings (SSSR count). The second-order valence-corrected chi connectivity index (χ2v) is 11.2. The van der Waals surface area contributed by atoms with E-state index < -0.39 is 15.9 Å². The molecule has 0 spiro atoms. The van der Waals surface area contributed by atoms with Gasteiger partial charge in [-0.2, -0.15) is 23.7 Å². The third-order valence-corrected chi connectivity index (χ3v) is 8.44. The van der Waals surface area contributed by atoms with E-state index in [0.717, 1.165) is 16.2 Å². The highest BCUT2D eigenvalue weighted by atomic mass is 35.5. The molecule has 0 fully saturated rings. The first-order valence-electron chi connectivity index (χ1n) is 11.4. The van der Waals surface area contributed by atoms with Gasteiger partial charge in [-0.1, -0.05) is 29.3 Å². The molecule has 4 aromatic rings. The fourth-order valence-corrected chi connectivity index (χ4v) is 5.94. The fraction of sp³-hybridized carbons (Fsp3) is 0.333. The van der Waals surface area contributed by atoms with Gasteiger partial charge < -0.3 is 4.18 Å². The highest BCUT2D eigenvalue weighted by molar-refractivity contribution is 7.98. The Labute approximate surface area is 224 Å². The van der Waals surface area contributed by atoms with E-state index in [-0.39, 0.29) is 28.6 Å². The monoisotopic (exact) mass is 562 g/mol. The molecule has 0 N–H and O–H groups in total. The van der Waals surface area contributed by atoms with E-state index in [0.29, 0.717) is 23.0 Å². The molecule has 1 aromatic carbocycles. The van der Waals surface area contributed by atoms with Gasteiger partial charge in [-0.05, 0) is 46.1 Å². The third-order valence-electron chi connectivity index (χ3n) is 6.02. The Morgan fingerprint density at radius 2 is 1.78 bits per heavy atom. The average molecular weight is 563 g/mol. The number of carbonyl (C=O) groups is 1. The maximum absolute atomic E-state index is 13.9. The smallest absolute Gasteiger partial charge is 0.340 e. The van der Waals surface area contributed by atoms with Crippen molar-refractivity contribution in [1.29, 1.82) is 0 Å². The van der Waals surface area contributed by atoms with Crippen LogP contribution in [0.2, 0.25) is 5.15 Å². The van der Waals surface area contributed by atoms with Gasteiger partial charge in [-0.15, -0.1) is 11.8 Å². The van der Waals surface area contributed by atoms with Gasteiger partial charge in [0.05, 0.1) is 18.4 Å². The number of hydrogen-bond donors (Lipinski definition) is 0. The van der Waals surface area contributed by atoms with Gasteiger partial charge in [0, 0.05) is 24.7 Å². The van der Waals surface area contributed by atoms with Crippen LogP contribution in [0, 0.1) is 20.8 Å². The molecule has 0 amide bonds. The highest BCUT2D eigenvalue weighted by Gasteiger charge is 2.30. The minimum Gasteiger partial charge on any atom is -0.358 e. The number of nitrogens with zero attached hydrogens (tertiary/aromatic N) is 6. The van der Waals surface area contributed by atoms with E-state index in [1.807, 2.05) is 13.2 Å². The lowest BCUT2D eigenvalue weighted by atomic mass is 10.1. The Morgan fingerprint density at radius 1 is 1.11 bits per heavy atom. The zero-order valence-corrected chi connectivity index (χ0v) is 23.7. The molecule has 3 heterocycles. The van der Waals surface area contributed by atoms with E-state index >= 15 is 0 Å². The molecule has 0 aliphatic heterocycles. The van der Waals surface area contributed by atoms with Crippen LogP contribution in [0.1, 0.15) is 45.4 Å². The van der Waals surface area contributed by atoms with Crippen molar-refractivity contribution in [3.8, 4) is 5.88 Å². The number of benzene rings is 1. The summed E-state index contributed by atoms with van der Waals surface area (Å²) in [5.41, 5.74) is 3.27. The normalized spacial score (nSPS) is 11.8. The molecule has 196 valence electrons. The number of hydrogen-bond acceptors (Lipinski definition) is 8. The second-order valence-electron chi connectivity index (χ2n) is 8.48. The summed E-state index contributed by atoms with van der Waals surface area (Å²) in [5, 5.41) is 14.2. The lowest BCUT2D eigenvalue weighted by Crippen LogP contribution is -2.17. The van der Waals surface area contributed by atoms with Gasteiger partial charge in [0.15, 0.2) is 5.15 Å². The van der Waals surface area contributed by atoms with Crippen molar-refractivity contribution in [2.45, 2.75) is 50.7 Å². The number of halogens is 1. The Hall–Kier alpha value is -3.09. The average Bonchev–Trinajstić information content (AvgIpc) is 3.46. The number of ketones is 1. The molecule has 0 aliphatic rings. The minimum atomic E-state index is -4.21.